The van der Waals surface area contributed by atoms with Gasteiger partial charge >= 0.3 is 0 Å². The minimum Gasteiger partial charge on any atom is -0.345 e. The third kappa shape index (κ3) is 2.86. The number of aryl methyl sites for hydroxylation is 1. The van der Waals surface area contributed by atoms with Crippen LogP contribution < -0.4 is 0 Å². The number of nitrogens with zero attached hydrogens (tertiary/aromatic N) is 3. The first-order valence-electron chi connectivity index (χ1n) is 4.92. The van der Waals surface area contributed by atoms with Gasteiger partial charge in [0, 0.05) is 31.3 Å². The number of rotatable bonds is 3. The third-order valence-electron chi connectivity index (χ3n) is 2.31. The largest absolute Gasteiger partial charge is 0.345 e. The van der Waals surface area contributed by atoms with Crippen LogP contribution in [0.1, 0.15) is 17.4 Å². The molecule has 0 saturated carbocycles. The summed E-state index contributed by atoms with van der Waals surface area (Å²) >= 11 is 3.32. The average Bonchev–Trinajstić information content (AvgIpc) is 2.56. The van der Waals surface area contributed by atoms with E-state index >= 15 is 0 Å². The van der Waals surface area contributed by atoms with Crippen LogP contribution in [0.2, 0.25) is 0 Å². The zero-order valence-electron chi connectivity index (χ0n) is 9.57. The van der Waals surface area contributed by atoms with E-state index in [1.807, 2.05) is 13.2 Å². The summed E-state index contributed by atoms with van der Waals surface area (Å²) in [6, 6.07) is 3.89. The summed E-state index contributed by atoms with van der Waals surface area (Å²) in [5.74, 6) is -0.229. The van der Waals surface area contributed by atoms with Crippen molar-refractivity contribution >= 4 is 21.8 Å². The quantitative estimate of drug-likeness (QED) is 0.852. The maximum absolute atomic E-state index is 12.0. The van der Waals surface area contributed by atoms with Crippen LogP contribution in [0.4, 0.5) is 0 Å². The van der Waals surface area contributed by atoms with E-state index in [9.17, 15) is 4.79 Å². The van der Waals surface area contributed by atoms with Crippen molar-refractivity contribution in [2.75, 3.05) is 13.6 Å². The molecule has 86 valence electrons. The zero-order valence-corrected chi connectivity index (χ0v) is 11.2. The Hall–Kier alpha value is -1.28. The highest BCUT2D eigenvalue weighted by Crippen LogP contribution is 2.15. The fraction of sp³-hybridized carbons (Fsp3) is 0.455. The Morgan fingerprint density at radius 3 is 2.81 bits per heavy atom. The number of aromatic nitrogens is 1. The summed E-state index contributed by atoms with van der Waals surface area (Å²) in [4.78, 5) is 13.6. The lowest BCUT2D eigenvalue weighted by Gasteiger charge is -2.18. The van der Waals surface area contributed by atoms with Crippen molar-refractivity contribution in [3.05, 3.63) is 22.4 Å². The molecule has 0 saturated heterocycles. The van der Waals surface area contributed by atoms with E-state index in [0.29, 0.717) is 12.2 Å². The number of carbonyl (C=O) groups excluding carboxylic acids is 1. The zero-order chi connectivity index (χ0) is 12.3. The van der Waals surface area contributed by atoms with Gasteiger partial charge in [-0.3, -0.25) is 4.79 Å². The molecule has 0 bridgehead atoms. The monoisotopic (exact) mass is 283 g/mol. The van der Waals surface area contributed by atoms with Crippen molar-refractivity contribution in [1.82, 2.24) is 9.47 Å². The number of halogens is 1. The van der Waals surface area contributed by atoms with E-state index in [1.165, 1.54) is 0 Å². The summed E-state index contributed by atoms with van der Waals surface area (Å²) < 4.78 is 2.64. The van der Waals surface area contributed by atoms with Crippen molar-refractivity contribution in [2.24, 2.45) is 13.0 Å². The fourth-order valence-corrected chi connectivity index (χ4v) is 1.99. The van der Waals surface area contributed by atoms with Gasteiger partial charge in [0.05, 0.1) is 12.0 Å². The Labute approximate surface area is 104 Å². The van der Waals surface area contributed by atoms with E-state index in [0.717, 1.165) is 4.47 Å². The number of carbonyl (C=O) groups is 1. The average molecular weight is 284 g/mol. The van der Waals surface area contributed by atoms with Crippen molar-refractivity contribution < 1.29 is 4.79 Å². The van der Waals surface area contributed by atoms with Gasteiger partial charge < -0.3 is 9.47 Å². The van der Waals surface area contributed by atoms with Gasteiger partial charge in [-0.15, -0.1) is 0 Å². The van der Waals surface area contributed by atoms with Crippen LogP contribution in [-0.4, -0.2) is 29.0 Å². The predicted octanol–water partition coefficient (Wildman–Crippen LogP) is 2.02. The van der Waals surface area contributed by atoms with E-state index in [4.69, 9.17) is 5.26 Å². The fourth-order valence-electron chi connectivity index (χ4n) is 1.47. The molecule has 5 heteroatoms. The lowest BCUT2D eigenvalue weighted by molar-refractivity contribution is 0.0775. The maximum atomic E-state index is 12.0. The van der Waals surface area contributed by atoms with Crippen molar-refractivity contribution in [2.45, 2.75) is 6.92 Å². The molecule has 0 radical (unpaired) electrons. The van der Waals surface area contributed by atoms with Crippen LogP contribution in [0.15, 0.2) is 16.7 Å². The van der Waals surface area contributed by atoms with Gasteiger partial charge in [0.1, 0.15) is 5.69 Å². The normalized spacial score (nSPS) is 11.9. The van der Waals surface area contributed by atoms with E-state index < -0.39 is 0 Å². The SMILES string of the molecule is CC(C#N)CN(C)C(=O)c1cc(Br)cn1C. The highest BCUT2D eigenvalue weighted by Gasteiger charge is 2.17. The number of hydrogen-bond acceptors (Lipinski definition) is 2. The molecule has 1 unspecified atom stereocenters. The van der Waals surface area contributed by atoms with Gasteiger partial charge in [0.2, 0.25) is 0 Å². The predicted molar refractivity (Wildman–Crippen MR) is 64.9 cm³/mol. The molecule has 0 aliphatic carbocycles. The molecule has 1 aromatic rings. The van der Waals surface area contributed by atoms with Gasteiger partial charge in [0.25, 0.3) is 5.91 Å². The second-order valence-corrected chi connectivity index (χ2v) is 4.79. The van der Waals surface area contributed by atoms with Crippen LogP contribution in [-0.2, 0) is 7.05 Å². The van der Waals surface area contributed by atoms with Crippen molar-refractivity contribution in [1.29, 1.82) is 5.26 Å². The summed E-state index contributed by atoms with van der Waals surface area (Å²) in [5.41, 5.74) is 0.611. The van der Waals surface area contributed by atoms with Gasteiger partial charge in [0.15, 0.2) is 0 Å². The number of nitriles is 1. The highest BCUT2D eigenvalue weighted by molar-refractivity contribution is 9.10. The molecule has 0 aliphatic heterocycles. The van der Waals surface area contributed by atoms with Crippen LogP contribution in [0.5, 0.6) is 0 Å². The molecule has 1 amide bonds. The molecule has 0 aromatic carbocycles. The minimum absolute atomic E-state index is 0.0738. The Morgan fingerprint density at radius 1 is 1.75 bits per heavy atom. The lowest BCUT2D eigenvalue weighted by atomic mass is 10.2. The summed E-state index contributed by atoms with van der Waals surface area (Å²) in [7, 11) is 3.52. The molecule has 1 atom stereocenters. The maximum Gasteiger partial charge on any atom is 0.270 e. The van der Waals surface area contributed by atoms with E-state index in [-0.39, 0.29) is 11.8 Å². The summed E-state index contributed by atoms with van der Waals surface area (Å²) in [6.45, 7) is 2.24. The van der Waals surface area contributed by atoms with Crippen LogP contribution in [0.25, 0.3) is 0 Å². The molecule has 1 heterocycles. The molecule has 0 aliphatic rings. The first-order valence-corrected chi connectivity index (χ1v) is 5.72. The molecule has 1 rings (SSSR count). The molecular formula is C11H14BrN3O. The Balaban J connectivity index is 2.79. The van der Waals surface area contributed by atoms with Gasteiger partial charge in [-0.25, -0.2) is 0 Å². The van der Waals surface area contributed by atoms with Crippen molar-refractivity contribution in [3.8, 4) is 6.07 Å². The topological polar surface area (TPSA) is 49.0 Å². The molecule has 0 spiro atoms. The molecule has 1 aromatic heterocycles. The highest BCUT2D eigenvalue weighted by atomic mass is 79.9. The molecule has 0 N–H and O–H groups in total. The first-order chi connectivity index (χ1) is 7.45. The van der Waals surface area contributed by atoms with Crippen LogP contribution in [0.3, 0.4) is 0 Å². The third-order valence-corrected chi connectivity index (χ3v) is 2.74. The Morgan fingerprint density at radius 2 is 2.38 bits per heavy atom. The summed E-state index contributed by atoms with van der Waals surface area (Å²) in [5, 5.41) is 8.69. The van der Waals surface area contributed by atoms with Crippen LogP contribution >= 0.6 is 15.9 Å². The standard InChI is InChI=1S/C11H14BrN3O/c1-8(5-13)6-15(3)11(16)10-4-9(12)7-14(10)2/h4,7-8H,6H2,1-3H3. The van der Waals surface area contributed by atoms with Crippen LogP contribution in [0, 0.1) is 17.2 Å². The number of amides is 1. The molecule has 4 nitrogen and oxygen atoms in total. The van der Waals surface area contributed by atoms with E-state index in [1.54, 1.807) is 29.5 Å². The number of hydrogen-bond donors (Lipinski definition) is 0. The van der Waals surface area contributed by atoms with Gasteiger partial charge in [-0.2, -0.15) is 5.26 Å². The molecule has 16 heavy (non-hydrogen) atoms. The lowest BCUT2D eigenvalue weighted by Crippen LogP contribution is -2.31. The Kier molecular flexibility index (Phi) is 4.13. The van der Waals surface area contributed by atoms with Crippen molar-refractivity contribution in [3.63, 3.8) is 0 Å². The van der Waals surface area contributed by atoms with Gasteiger partial charge in [-0.05, 0) is 28.9 Å². The minimum atomic E-state index is -0.155. The smallest absolute Gasteiger partial charge is 0.270 e. The molecule has 0 fully saturated rings. The molecular weight excluding hydrogens is 270 g/mol. The second kappa shape index (κ2) is 5.17. The Bertz CT molecular complexity index is 433. The second-order valence-electron chi connectivity index (χ2n) is 3.87. The van der Waals surface area contributed by atoms with E-state index in [2.05, 4.69) is 22.0 Å². The first kappa shape index (κ1) is 12.8. The summed E-state index contributed by atoms with van der Waals surface area (Å²) in [6.07, 6.45) is 1.83. The van der Waals surface area contributed by atoms with Gasteiger partial charge in [-0.1, -0.05) is 0 Å².